The third-order valence-electron chi connectivity index (χ3n) is 10.3. The van der Waals surface area contributed by atoms with E-state index in [1.807, 2.05) is 0 Å². The van der Waals surface area contributed by atoms with Crippen molar-refractivity contribution in [2.75, 3.05) is 13.7 Å². The van der Waals surface area contributed by atoms with Crippen molar-refractivity contribution in [3.8, 4) is 0 Å². The zero-order chi connectivity index (χ0) is 21.5. The van der Waals surface area contributed by atoms with Gasteiger partial charge in [0.2, 0.25) is 5.90 Å². The second kappa shape index (κ2) is 8.62. The Morgan fingerprint density at radius 3 is 2.57 bits per heavy atom. The van der Waals surface area contributed by atoms with Gasteiger partial charge in [-0.2, -0.15) is 0 Å². The standard InChI is InChI=1S/C28H47NO/c1-19(2)8-7-9-20(3)23-12-13-24-22-11-10-21-18-26(30-6)29-17-16-27(21,4)25(22)14-15-28(23,24)5/h18-20,22-25H,7-17H2,1-6H3/t20-,22+,23-,24+,25+,27+,28-/m1/s1. The van der Waals surface area contributed by atoms with Gasteiger partial charge in [-0.1, -0.05) is 59.5 Å². The van der Waals surface area contributed by atoms with Gasteiger partial charge in [0.05, 0.1) is 7.11 Å². The molecule has 0 saturated heterocycles. The van der Waals surface area contributed by atoms with E-state index < -0.39 is 0 Å². The Morgan fingerprint density at radius 1 is 1.03 bits per heavy atom. The lowest BCUT2D eigenvalue weighted by Gasteiger charge is -2.57. The molecule has 170 valence electrons. The Kier molecular flexibility index (Phi) is 6.44. The zero-order valence-electron chi connectivity index (χ0n) is 20.7. The molecule has 3 saturated carbocycles. The summed E-state index contributed by atoms with van der Waals surface area (Å²) in [6.07, 6.45) is 16.3. The number of nitrogens with zero attached hydrogens (tertiary/aromatic N) is 1. The fourth-order valence-electron chi connectivity index (χ4n) is 8.65. The monoisotopic (exact) mass is 413 g/mol. The number of fused-ring (bicyclic) bond motifs is 5. The molecular weight excluding hydrogens is 366 g/mol. The lowest BCUT2D eigenvalue weighted by molar-refractivity contribution is -0.0563. The average molecular weight is 414 g/mol. The van der Waals surface area contributed by atoms with E-state index in [-0.39, 0.29) is 0 Å². The molecule has 0 radical (unpaired) electrons. The number of rotatable bonds is 5. The predicted octanol–water partition coefficient (Wildman–Crippen LogP) is 7.68. The van der Waals surface area contributed by atoms with Crippen molar-refractivity contribution in [2.24, 2.45) is 51.3 Å². The second-order valence-electron chi connectivity index (χ2n) is 12.2. The number of hydrogen-bond donors (Lipinski definition) is 0. The average Bonchev–Trinajstić information content (AvgIpc) is 2.95. The Balaban J connectivity index is 1.50. The maximum Gasteiger partial charge on any atom is 0.208 e. The Hall–Kier alpha value is -0.790. The molecule has 0 unspecified atom stereocenters. The number of hydrogen-bond acceptors (Lipinski definition) is 2. The number of aliphatic imine (C=N–C) groups is 1. The minimum atomic E-state index is 0.342. The van der Waals surface area contributed by atoms with E-state index in [1.54, 1.807) is 12.7 Å². The van der Waals surface area contributed by atoms with Crippen LogP contribution >= 0.6 is 0 Å². The van der Waals surface area contributed by atoms with Crippen molar-refractivity contribution in [3.05, 3.63) is 11.6 Å². The molecule has 7 atom stereocenters. The van der Waals surface area contributed by atoms with Crippen LogP contribution in [0.1, 0.15) is 98.8 Å². The molecule has 1 aliphatic heterocycles. The Morgan fingerprint density at radius 2 is 1.83 bits per heavy atom. The molecule has 0 aromatic carbocycles. The van der Waals surface area contributed by atoms with E-state index in [1.165, 1.54) is 64.2 Å². The number of methoxy groups -OCH3 is 1. The summed E-state index contributed by atoms with van der Waals surface area (Å²) in [5.74, 6) is 6.33. The highest BCUT2D eigenvalue weighted by Crippen LogP contribution is 2.67. The van der Waals surface area contributed by atoms with Gasteiger partial charge < -0.3 is 4.74 Å². The van der Waals surface area contributed by atoms with E-state index in [0.717, 1.165) is 47.9 Å². The minimum Gasteiger partial charge on any atom is -0.481 e. The van der Waals surface area contributed by atoms with Crippen molar-refractivity contribution < 1.29 is 4.74 Å². The lowest BCUT2D eigenvalue weighted by Crippen LogP contribution is -2.50. The first-order valence-electron chi connectivity index (χ1n) is 13.1. The van der Waals surface area contributed by atoms with Crippen LogP contribution in [0.25, 0.3) is 0 Å². The molecule has 0 spiro atoms. The molecule has 0 aromatic rings. The molecular formula is C28H47NO. The van der Waals surface area contributed by atoms with Gasteiger partial charge in [0.25, 0.3) is 0 Å². The van der Waals surface area contributed by atoms with Crippen LogP contribution in [0.5, 0.6) is 0 Å². The summed E-state index contributed by atoms with van der Waals surface area (Å²) >= 11 is 0. The Labute approximate surface area is 186 Å². The highest BCUT2D eigenvalue weighted by Gasteiger charge is 2.59. The zero-order valence-corrected chi connectivity index (χ0v) is 20.7. The van der Waals surface area contributed by atoms with Gasteiger partial charge >= 0.3 is 0 Å². The topological polar surface area (TPSA) is 21.6 Å². The van der Waals surface area contributed by atoms with Gasteiger partial charge in [0.1, 0.15) is 0 Å². The quantitative estimate of drug-likeness (QED) is 0.453. The molecule has 0 aromatic heterocycles. The fraction of sp³-hybridized carbons (Fsp3) is 0.893. The first kappa shape index (κ1) is 22.4. The normalized spacial score (nSPS) is 41.8. The maximum absolute atomic E-state index is 5.55. The van der Waals surface area contributed by atoms with Crippen LogP contribution in [-0.4, -0.2) is 19.6 Å². The summed E-state index contributed by atoms with van der Waals surface area (Å²) in [5, 5.41) is 0. The summed E-state index contributed by atoms with van der Waals surface area (Å²) in [6, 6.07) is 0. The van der Waals surface area contributed by atoms with Crippen molar-refractivity contribution in [1.29, 1.82) is 0 Å². The van der Waals surface area contributed by atoms with Gasteiger partial charge in [-0.05, 0) is 97.4 Å². The number of ether oxygens (including phenoxy) is 1. The van der Waals surface area contributed by atoms with E-state index in [4.69, 9.17) is 9.73 Å². The third-order valence-corrected chi connectivity index (χ3v) is 10.3. The van der Waals surface area contributed by atoms with Crippen LogP contribution in [0, 0.1) is 46.3 Å². The smallest absolute Gasteiger partial charge is 0.208 e. The van der Waals surface area contributed by atoms with Crippen LogP contribution in [0.3, 0.4) is 0 Å². The van der Waals surface area contributed by atoms with E-state index in [2.05, 4.69) is 40.7 Å². The van der Waals surface area contributed by atoms with E-state index in [0.29, 0.717) is 10.8 Å². The molecule has 2 heteroatoms. The van der Waals surface area contributed by atoms with Crippen LogP contribution in [0.15, 0.2) is 16.6 Å². The van der Waals surface area contributed by atoms with E-state index in [9.17, 15) is 0 Å². The molecule has 1 heterocycles. The molecule has 3 aliphatic carbocycles. The maximum atomic E-state index is 5.55. The lowest BCUT2D eigenvalue weighted by atomic mass is 9.47. The van der Waals surface area contributed by atoms with Crippen LogP contribution in [0.4, 0.5) is 0 Å². The summed E-state index contributed by atoms with van der Waals surface area (Å²) in [6.45, 7) is 13.5. The molecule has 30 heavy (non-hydrogen) atoms. The third kappa shape index (κ3) is 3.79. The second-order valence-corrected chi connectivity index (χ2v) is 12.2. The van der Waals surface area contributed by atoms with Crippen LogP contribution in [-0.2, 0) is 4.74 Å². The first-order valence-corrected chi connectivity index (χ1v) is 13.1. The van der Waals surface area contributed by atoms with Gasteiger partial charge in [0.15, 0.2) is 0 Å². The molecule has 4 rings (SSSR count). The molecule has 0 amide bonds. The minimum absolute atomic E-state index is 0.342. The summed E-state index contributed by atoms with van der Waals surface area (Å²) in [5.41, 5.74) is 2.58. The summed E-state index contributed by atoms with van der Waals surface area (Å²) < 4.78 is 5.55. The highest BCUT2D eigenvalue weighted by molar-refractivity contribution is 5.88. The predicted molar refractivity (Wildman–Crippen MR) is 128 cm³/mol. The van der Waals surface area contributed by atoms with E-state index >= 15 is 0 Å². The molecule has 0 N–H and O–H groups in total. The van der Waals surface area contributed by atoms with Gasteiger partial charge in [-0.15, -0.1) is 0 Å². The summed E-state index contributed by atoms with van der Waals surface area (Å²) in [7, 11) is 1.78. The molecule has 2 nitrogen and oxygen atoms in total. The molecule has 4 aliphatic rings. The van der Waals surface area contributed by atoms with Crippen molar-refractivity contribution >= 4 is 5.90 Å². The van der Waals surface area contributed by atoms with Crippen molar-refractivity contribution in [3.63, 3.8) is 0 Å². The molecule has 0 bridgehead atoms. The van der Waals surface area contributed by atoms with Crippen LogP contribution < -0.4 is 0 Å². The number of allylic oxidation sites excluding steroid dienone is 1. The highest BCUT2D eigenvalue weighted by atomic mass is 16.5. The van der Waals surface area contributed by atoms with Crippen molar-refractivity contribution in [1.82, 2.24) is 0 Å². The summed E-state index contributed by atoms with van der Waals surface area (Å²) in [4.78, 5) is 4.72. The van der Waals surface area contributed by atoms with Gasteiger partial charge in [-0.25, -0.2) is 0 Å². The van der Waals surface area contributed by atoms with Gasteiger partial charge in [-0.3, -0.25) is 4.99 Å². The Bertz CT molecular complexity index is 678. The van der Waals surface area contributed by atoms with Crippen LogP contribution in [0.2, 0.25) is 0 Å². The SMILES string of the molecule is COC1=NCC[C@@]2(C)C(=C1)CC[C@H]1[C@@H]3CC[C@H]([C@H](C)CCCC(C)C)[C@@]3(C)CC[C@@H]12. The molecule has 3 fully saturated rings. The van der Waals surface area contributed by atoms with Crippen molar-refractivity contribution in [2.45, 2.75) is 98.8 Å². The first-order chi connectivity index (χ1) is 14.3. The fourth-order valence-corrected chi connectivity index (χ4v) is 8.65. The van der Waals surface area contributed by atoms with Gasteiger partial charge in [0, 0.05) is 6.54 Å². The largest absolute Gasteiger partial charge is 0.481 e.